The number of amides is 1. The maximum atomic E-state index is 13.3. The molecule has 0 aromatic heterocycles. The fraction of sp³-hybridized carbons (Fsp3) is 0.355. The normalized spacial score (nSPS) is 12.3. The zero-order valence-corrected chi connectivity index (χ0v) is 23.8. The number of hydrogen-bond acceptors (Lipinski definition) is 4. The van der Waals surface area contributed by atoms with Crippen molar-refractivity contribution in [2.75, 3.05) is 12.0 Å². The molecular weight excluding hydrogens is 525 g/mol. The van der Waals surface area contributed by atoms with E-state index in [1.54, 1.807) is 17.8 Å². The van der Waals surface area contributed by atoms with Crippen LogP contribution in [-0.2, 0) is 16.1 Å². The molecule has 2 N–H and O–H groups in total. The van der Waals surface area contributed by atoms with E-state index in [-0.39, 0.29) is 25.0 Å². The molecule has 0 saturated carbocycles. The van der Waals surface area contributed by atoms with Gasteiger partial charge in [-0.2, -0.15) is 11.8 Å². The molecule has 0 bridgehead atoms. The van der Waals surface area contributed by atoms with Gasteiger partial charge in [-0.15, -0.1) is 0 Å². The Morgan fingerprint density at radius 1 is 1.03 bits per heavy atom. The standard InChI is InChI=1S/C31H36ClNO4S.Li.H/c1-4-5-13-29(23-10-8-11-24(32)19-23)37-20-22-14-15-26(27(18-22)25-12-7-6-9-21(25)2)30(34)33-28(31(35)36)16-17-38-3;;/h6-12,14-15,18-19,28-29H,4-5,13,16-17,20H2,1-3H3,(H,33,34)(H,35,36);;. The minimum absolute atomic E-state index is 0. The van der Waals surface area contributed by atoms with Gasteiger partial charge in [0.15, 0.2) is 0 Å². The van der Waals surface area contributed by atoms with E-state index in [1.807, 2.05) is 73.8 Å². The molecule has 2 atom stereocenters. The number of halogens is 1. The van der Waals surface area contributed by atoms with E-state index in [0.717, 1.165) is 47.1 Å². The van der Waals surface area contributed by atoms with Crippen LogP contribution in [0.4, 0.5) is 0 Å². The number of hydrogen-bond donors (Lipinski definition) is 2. The third-order valence-electron chi connectivity index (χ3n) is 6.47. The molecule has 8 heteroatoms. The van der Waals surface area contributed by atoms with Crippen LogP contribution in [0.15, 0.2) is 66.7 Å². The minimum atomic E-state index is -1.03. The summed E-state index contributed by atoms with van der Waals surface area (Å²) in [7, 11) is 0. The van der Waals surface area contributed by atoms with Crippen LogP contribution in [0.3, 0.4) is 0 Å². The first-order valence-electron chi connectivity index (χ1n) is 12.9. The van der Waals surface area contributed by atoms with Crippen LogP contribution in [0, 0.1) is 6.92 Å². The van der Waals surface area contributed by atoms with Crippen molar-refractivity contribution in [1.82, 2.24) is 5.32 Å². The van der Waals surface area contributed by atoms with E-state index >= 15 is 0 Å². The van der Waals surface area contributed by atoms with Gasteiger partial charge in [0.25, 0.3) is 5.91 Å². The SMILES string of the molecule is CCCCC(OCc1ccc(C(=O)NC(CCSC)C(=O)O)c(-c2ccccc2C)c1)c1cccc(Cl)c1.[LiH]. The summed E-state index contributed by atoms with van der Waals surface area (Å²) < 4.78 is 6.39. The van der Waals surface area contributed by atoms with Gasteiger partial charge < -0.3 is 15.2 Å². The summed E-state index contributed by atoms with van der Waals surface area (Å²) in [6.07, 6.45) is 5.16. The van der Waals surface area contributed by atoms with Gasteiger partial charge >= 0.3 is 24.8 Å². The summed E-state index contributed by atoms with van der Waals surface area (Å²) >= 11 is 7.79. The number of thioether (sulfide) groups is 1. The number of benzene rings is 3. The van der Waals surface area contributed by atoms with E-state index < -0.39 is 17.9 Å². The second kappa shape index (κ2) is 16.8. The van der Waals surface area contributed by atoms with Gasteiger partial charge in [-0.05, 0) is 83.9 Å². The molecule has 1 amide bonds. The van der Waals surface area contributed by atoms with Crippen LogP contribution in [0.1, 0.15) is 65.8 Å². The molecule has 0 radical (unpaired) electrons. The van der Waals surface area contributed by atoms with Crippen molar-refractivity contribution in [3.63, 3.8) is 0 Å². The molecule has 39 heavy (non-hydrogen) atoms. The summed E-state index contributed by atoms with van der Waals surface area (Å²) in [5.74, 6) is -0.790. The first-order chi connectivity index (χ1) is 18.3. The Hall–Kier alpha value is -2.20. The van der Waals surface area contributed by atoms with Crippen LogP contribution in [0.25, 0.3) is 11.1 Å². The number of carbonyl (C=O) groups excluding carboxylic acids is 1. The zero-order valence-electron chi connectivity index (χ0n) is 22.2. The molecule has 2 unspecified atom stereocenters. The Balaban J connectivity index is 0.00000533. The van der Waals surface area contributed by atoms with Gasteiger partial charge in [0.05, 0.1) is 12.7 Å². The van der Waals surface area contributed by atoms with Gasteiger partial charge in [0.2, 0.25) is 0 Å². The van der Waals surface area contributed by atoms with Gasteiger partial charge in [0, 0.05) is 10.6 Å². The molecule has 0 aliphatic rings. The average Bonchev–Trinajstić information content (AvgIpc) is 2.91. The Kier molecular flexibility index (Phi) is 14.2. The number of carbonyl (C=O) groups is 2. The third-order valence-corrected chi connectivity index (χ3v) is 7.35. The molecular formula is C31H37ClLiNO4S. The number of unbranched alkanes of at least 4 members (excludes halogenated alkanes) is 1. The number of carboxylic acids is 1. The Labute approximate surface area is 253 Å². The topological polar surface area (TPSA) is 75.6 Å². The third kappa shape index (κ3) is 9.74. The van der Waals surface area contributed by atoms with Gasteiger partial charge in [-0.25, -0.2) is 4.79 Å². The van der Waals surface area contributed by atoms with Crippen molar-refractivity contribution in [2.45, 2.75) is 58.3 Å². The molecule has 0 saturated heterocycles. The molecule has 3 rings (SSSR count). The molecule has 3 aromatic carbocycles. The van der Waals surface area contributed by atoms with E-state index in [2.05, 4.69) is 12.2 Å². The van der Waals surface area contributed by atoms with Crippen LogP contribution in [-0.4, -0.2) is 53.9 Å². The fourth-order valence-electron chi connectivity index (χ4n) is 4.35. The van der Waals surface area contributed by atoms with Crippen LogP contribution < -0.4 is 5.32 Å². The molecule has 3 aromatic rings. The summed E-state index contributed by atoms with van der Waals surface area (Å²) in [6, 6.07) is 20.3. The number of ether oxygens (including phenoxy) is 1. The first-order valence-corrected chi connectivity index (χ1v) is 14.7. The van der Waals surface area contributed by atoms with Gasteiger partial charge in [-0.1, -0.05) is 73.8 Å². The Morgan fingerprint density at radius 2 is 1.79 bits per heavy atom. The van der Waals surface area contributed by atoms with Crippen molar-refractivity contribution >= 4 is 54.1 Å². The molecule has 0 aliphatic carbocycles. The van der Waals surface area contributed by atoms with Crippen molar-refractivity contribution in [3.05, 3.63) is 94.0 Å². The number of aliphatic carboxylic acids is 1. The summed E-state index contributed by atoms with van der Waals surface area (Å²) in [5, 5.41) is 13.0. The van der Waals surface area contributed by atoms with E-state index in [4.69, 9.17) is 16.3 Å². The van der Waals surface area contributed by atoms with Gasteiger partial charge in [-0.3, -0.25) is 4.79 Å². The van der Waals surface area contributed by atoms with Gasteiger partial charge in [0.1, 0.15) is 6.04 Å². The van der Waals surface area contributed by atoms with Crippen molar-refractivity contribution in [2.24, 2.45) is 0 Å². The van der Waals surface area contributed by atoms with Crippen LogP contribution in [0.5, 0.6) is 0 Å². The molecule has 0 heterocycles. The predicted molar refractivity (Wildman–Crippen MR) is 164 cm³/mol. The average molecular weight is 562 g/mol. The molecule has 0 fully saturated rings. The van der Waals surface area contributed by atoms with Crippen molar-refractivity contribution in [1.29, 1.82) is 0 Å². The number of carboxylic acid groups (broad SMARTS) is 1. The number of aryl methyl sites for hydroxylation is 1. The van der Waals surface area contributed by atoms with E-state index in [1.165, 1.54) is 0 Å². The summed E-state index contributed by atoms with van der Waals surface area (Å²) in [5.41, 5.74) is 5.12. The van der Waals surface area contributed by atoms with Crippen LogP contribution >= 0.6 is 23.4 Å². The molecule has 204 valence electrons. The Bertz CT molecular complexity index is 1240. The summed E-state index contributed by atoms with van der Waals surface area (Å²) in [6.45, 7) is 4.52. The van der Waals surface area contributed by atoms with E-state index in [0.29, 0.717) is 29.4 Å². The second-order valence-electron chi connectivity index (χ2n) is 9.34. The Morgan fingerprint density at radius 3 is 2.46 bits per heavy atom. The van der Waals surface area contributed by atoms with E-state index in [9.17, 15) is 14.7 Å². The molecule has 5 nitrogen and oxygen atoms in total. The van der Waals surface area contributed by atoms with Crippen molar-refractivity contribution < 1.29 is 19.4 Å². The number of rotatable bonds is 14. The number of nitrogens with one attached hydrogen (secondary N) is 1. The predicted octanol–water partition coefficient (Wildman–Crippen LogP) is 7.05. The molecule has 0 spiro atoms. The first kappa shape index (κ1) is 33.0. The quantitative estimate of drug-likeness (QED) is 0.206. The van der Waals surface area contributed by atoms with Crippen LogP contribution in [0.2, 0.25) is 5.02 Å². The maximum absolute atomic E-state index is 13.3. The monoisotopic (exact) mass is 561 g/mol. The second-order valence-corrected chi connectivity index (χ2v) is 10.8. The summed E-state index contributed by atoms with van der Waals surface area (Å²) in [4.78, 5) is 25.1. The molecule has 0 aliphatic heterocycles. The fourth-order valence-corrected chi connectivity index (χ4v) is 5.02. The van der Waals surface area contributed by atoms with Crippen molar-refractivity contribution in [3.8, 4) is 11.1 Å². The zero-order chi connectivity index (χ0) is 27.5.